The molecule has 2 amide bonds. The SMILES string of the molecule is CCN(C(=O)COC(=O)COc1ccc2c(c1)CCC(=O)N2)c1ccccc1. The number of benzene rings is 2. The Morgan fingerprint density at radius 1 is 1.07 bits per heavy atom. The molecule has 28 heavy (non-hydrogen) atoms. The number of para-hydroxylation sites is 1. The first-order valence-electron chi connectivity index (χ1n) is 9.13. The number of esters is 1. The van der Waals surface area contributed by atoms with Gasteiger partial charge in [0.05, 0.1) is 0 Å². The molecule has 7 heteroatoms. The lowest BCUT2D eigenvalue weighted by Gasteiger charge is -2.20. The van der Waals surface area contributed by atoms with Crippen molar-refractivity contribution < 1.29 is 23.9 Å². The van der Waals surface area contributed by atoms with Gasteiger partial charge in [-0.2, -0.15) is 0 Å². The molecule has 0 aromatic heterocycles. The number of aryl methyl sites for hydroxylation is 1. The molecule has 0 aliphatic carbocycles. The van der Waals surface area contributed by atoms with E-state index in [-0.39, 0.29) is 25.0 Å². The van der Waals surface area contributed by atoms with Gasteiger partial charge in [0.2, 0.25) is 5.91 Å². The van der Waals surface area contributed by atoms with Gasteiger partial charge in [-0.1, -0.05) is 18.2 Å². The van der Waals surface area contributed by atoms with Crippen LogP contribution in [0.4, 0.5) is 11.4 Å². The van der Waals surface area contributed by atoms with E-state index >= 15 is 0 Å². The van der Waals surface area contributed by atoms with Crippen molar-refractivity contribution in [2.75, 3.05) is 30.0 Å². The largest absolute Gasteiger partial charge is 0.482 e. The van der Waals surface area contributed by atoms with Gasteiger partial charge in [0.1, 0.15) is 5.75 Å². The molecular weight excluding hydrogens is 360 g/mol. The van der Waals surface area contributed by atoms with Crippen molar-refractivity contribution in [1.29, 1.82) is 0 Å². The van der Waals surface area contributed by atoms with Crippen LogP contribution in [0.3, 0.4) is 0 Å². The molecule has 1 heterocycles. The minimum absolute atomic E-state index is 0.00830. The summed E-state index contributed by atoms with van der Waals surface area (Å²) in [5.74, 6) is -0.418. The number of carbonyl (C=O) groups excluding carboxylic acids is 3. The van der Waals surface area contributed by atoms with Gasteiger partial charge in [-0.05, 0) is 49.2 Å². The number of carbonyl (C=O) groups is 3. The van der Waals surface area contributed by atoms with E-state index in [2.05, 4.69) is 5.32 Å². The molecule has 1 aliphatic rings. The monoisotopic (exact) mass is 382 g/mol. The third kappa shape index (κ3) is 4.88. The fraction of sp³-hybridized carbons (Fsp3) is 0.286. The van der Waals surface area contributed by atoms with Crippen LogP contribution in [0, 0.1) is 0 Å². The van der Waals surface area contributed by atoms with Crippen molar-refractivity contribution in [3.8, 4) is 5.75 Å². The Hall–Kier alpha value is -3.35. The van der Waals surface area contributed by atoms with Crippen molar-refractivity contribution in [3.63, 3.8) is 0 Å². The molecule has 7 nitrogen and oxygen atoms in total. The van der Waals surface area contributed by atoms with Crippen LogP contribution in [0.1, 0.15) is 18.9 Å². The van der Waals surface area contributed by atoms with Crippen LogP contribution in [0.2, 0.25) is 0 Å². The fourth-order valence-electron chi connectivity index (χ4n) is 2.96. The van der Waals surface area contributed by atoms with Crippen molar-refractivity contribution in [3.05, 3.63) is 54.1 Å². The Kier molecular flexibility index (Phi) is 6.26. The highest BCUT2D eigenvalue weighted by atomic mass is 16.6. The zero-order chi connectivity index (χ0) is 19.9. The summed E-state index contributed by atoms with van der Waals surface area (Å²) >= 11 is 0. The molecule has 2 aromatic rings. The molecule has 2 aromatic carbocycles. The van der Waals surface area contributed by atoms with Gasteiger partial charge in [-0.15, -0.1) is 0 Å². The smallest absolute Gasteiger partial charge is 0.344 e. The predicted octanol–water partition coefficient (Wildman–Crippen LogP) is 2.55. The number of likely N-dealkylation sites (N-methyl/N-ethyl adjacent to an activating group) is 1. The lowest BCUT2D eigenvalue weighted by Crippen LogP contribution is -2.35. The molecular formula is C21H22N2O5. The highest BCUT2D eigenvalue weighted by Gasteiger charge is 2.17. The average Bonchev–Trinajstić information content (AvgIpc) is 2.72. The van der Waals surface area contributed by atoms with Gasteiger partial charge in [-0.3, -0.25) is 9.59 Å². The first kappa shape index (κ1) is 19.4. The first-order valence-corrected chi connectivity index (χ1v) is 9.13. The first-order chi connectivity index (χ1) is 13.6. The number of anilines is 2. The molecule has 0 saturated heterocycles. The van der Waals surface area contributed by atoms with E-state index in [0.29, 0.717) is 25.1 Å². The van der Waals surface area contributed by atoms with Crippen LogP contribution in [-0.2, 0) is 25.5 Å². The molecule has 3 rings (SSSR count). The van der Waals surface area contributed by atoms with E-state index in [1.54, 1.807) is 23.1 Å². The van der Waals surface area contributed by atoms with Crippen LogP contribution in [-0.4, -0.2) is 37.5 Å². The maximum atomic E-state index is 12.3. The van der Waals surface area contributed by atoms with E-state index in [4.69, 9.17) is 9.47 Å². The Morgan fingerprint density at radius 3 is 2.61 bits per heavy atom. The topological polar surface area (TPSA) is 84.9 Å². The average molecular weight is 382 g/mol. The molecule has 1 aliphatic heterocycles. The lowest BCUT2D eigenvalue weighted by molar-refractivity contribution is -0.149. The normalized spacial score (nSPS) is 12.5. The van der Waals surface area contributed by atoms with E-state index in [0.717, 1.165) is 16.9 Å². The number of ether oxygens (including phenoxy) is 2. The van der Waals surface area contributed by atoms with Crippen molar-refractivity contribution in [1.82, 2.24) is 0 Å². The zero-order valence-electron chi connectivity index (χ0n) is 15.6. The number of rotatable bonds is 7. The Labute approximate surface area is 163 Å². The van der Waals surface area contributed by atoms with E-state index in [9.17, 15) is 14.4 Å². The van der Waals surface area contributed by atoms with Crippen LogP contribution < -0.4 is 15.0 Å². The minimum Gasteiger partial charge on any atom is -0.482 e. The van der Waals surface area contributed by atoms with Crippen molar-refractivity contribution in [2.45, 2.75) is 19.8 Å². The molecule has 0 bridgehead atoms. The van der Waals surface area contributed by atoms with Gasteiger partial charge < -0.3 is 19.7 Å². The second-order valence-electron chi connectivity index (χ2n) is 6.29. The molecule has 0 unspecified atom stereocenters. The third-order valence-electron chi connectivity index (χ3n) is 4.37. The Balaban J connectivity index is 1.48. The Morgan fingerprint density at radius 2 is 1.86 bits per heavy atom. The second kappa shape index (κ2) is 9.03. The maximum absolute atomic E-state index is 12.3. The molecule has 0 radical (unpaired) electrons. The number of amides is 2. The molecule has 0 atom stereocenters. The van der Waals surface area contributed by atoms with E-state index < -0.39 is 5.97 Å². The summed E-state index contributed by atoms with van der Waals surface area (Å²) < 4.78 is 10.5. The number of nitrogens with one attached hydrogen (secondary N) is 1. The molecule has 0 saturated carbocycles. The lowest BCUT2D eigenvalue weighted by atomic mass is 10.0. The summed E-state index contributed by atoms with van der Waals surface area (Å²) in [5.41, 5.74) is 2.47. The summed E-state index contributed by atoms with van der Waals surface area (Å²) in [6.07, 6.45) is 1.06. The number of nitrogens with zero attached hydrogens (tertiary/aromatic N) is 1. The summed E-state index contributed by atoms with van der Waals surface area (Å²) in [5, 5.41) is 2.79. The van der Waals surface area contributed by atoms with Gasteiger partial charge in [-0.25, -0.2) is 4.79 Å². The van der Waals surface area contributed by atoms with Gasteiger partial charge in [0.15, 0.2) is 13.2 Å². The number of fused-ring (bicyclic) bond motifs is 1. The highest BCUT2D eigenvalue weighted by molar-refractivity contribution is 5.95. The zero-order valence-corrected chi connectivity index (χ0v) is 15.6. The summed E-state index contributed by atoms with van der Waals surface area (Å²) in [4.78, 5) is 37.2. The summed E-state index contributed by atoms with van der Waals surface area (Å²) in [6, 6.07) is 14.4. The van der Waals surface area contributed by atoms with Crippen LogP contribution in [0.25, 0.3) is 0 Å². The second-order valence-corrected chi connectivity index (χ2v) is 6.29. The predicted molar refractivity (Wildman–Crippen MR) is 104 cm³/mol. The van der Waals surface area contributed by atoms with Crippen LogP contribution in [0.5, 0.6) is 5.75 Å². The summed E-state index contributed by atoms with van der Waals surface area (Å²) in [6.45, 7) is 1.69. The standard InChI is InChI=1S/C21H22N2O5/c1-2-23(16-6-4-3-5-7-16)20(25)13-28-21(26)14-27-17-9-10-18-15(12-17)8-11-19(24)22-18/h3-7,9-10,12H,2,8,11,13-14H2,1H3,(H,22,24). The molecule has 0 fully saturated rings. The molecule has 0 spiro atoms. The maximum Gasteiger partial charge on any atom is 0.344 e. The quantitative estimate of drug-likeness (QED) is 0.744. The van der Waals surface area contributed by atoms with Gasteiger partial charge >= 0.3 is 5.97 Å². The van der Waals surface area contributed by atoms with Crippen LogP contribution in [0.15, 0.2) is 48.5 Å². The van der Waals surface area contributed by atoms with Crippen molar-refractivity contribution >= 4 is 29.2 Å². The summed E-state index contributed by atoms with van der Waals surface area (Å²) in [7, 11) is 0. The Bertz CT molecular complexity index is 866. The van der Waals surface area contributed by atoms with E-state index in [1.165, 1.54) is 0 Å². The molecule has 1 N–H and O–H groups in total. The third-order valence-corrected chi connectivity index (χ3v) is 4.37. The van der Waals surface area contributed by atoms with Gasteiger partial charge in [0.25, 0.3) is 5.91 Å². The van der Waals surface area contributed by atoms with E-state index in [1.807, 2.05) is 37.3 Å². The minimum atomic E-state index is -0.622. The fourth-order valence-corrected chi connectivity index (χ4v) is 2.96. The van der Waals surface area contributed by atoms with Crippen molar-refractivity contribution in [2.24, 2.45) is 0 Å². The highest BCUT2D eigenvalue weighted by Crippen LogP contribution is 2.26. The van der Waals surface area contributed by atoms with Crippen LogP contribution >= 0.6 is 0 Å². The molecule has 146 valence electrons. The number of hydrogen-bond donors (Lipinski definition) is 1. The number of hydrogen-bond acceptors (Lipinski definition) is 5. The van der Waals surface area contributed by atoms with Gasteiger partial charge in [0, 0.05) is 24.3 Å².